The highest BCUT2D eigenvalue weighted by Gasteiger charge is 2.04. The Morgan fingerprint density at radius 2 is 2.05 bits per heavy atom. The number of nitrogens with one attached hydrogen (secondary N) is 1. The van der Waals surface area contributed by atoms with E-state index in [1.165, 1.54) is 18.2 Å². The van der Waals surface area contributed by atoms with E-state index in [1.807, 2.05) is 24.3 Å². The van der Waals surface area contributed by atoms with Gasteiger partial charge in [-0.15, -0.1) is 0 Å². The Bertz CT molecular complexity index is 673. The number of carbonyl (C=O) groups is 1. The smallest absolute Gasteiger partial charge is 0.248 e. The first-order valence-electron chi connectivity index (χ1n) is 5.74. The summed E-state index contributed by atoms with van der Waals surface area (Å²) in [4.78, 5) is 11.7. The van der Waals surface area contributed by atoms with Gasteiger partial charge in [-0.3, -0.25) is 4.79 Å². The first kappa shape index (κ1) is 14.8. The number of amides is 1. The molecular formula is C15H10BrClFNO. The Hall–Kier alpha value is -1.65. The molecule has 0 atom stereocenters. The molecule has 0 aromatic heterocycles. The minimum Gasteiger partial charge on any atom is -0.321 e. The fourth-order valence-corrected chi connectivity index (χ4v) is 2.18. The van der Waals surface area contributed by atoms with Gasteiger partial charge >= 0.3 is 0 Å². The van der Waals surface area contributed by atoms with Crippen molar-refractivity contribution in [3.8, 4) is 0 Å². The van der Waals surface area contributed by atoms with Crippen LogP contribution in [0.15, 0.2) is 53.0 Å². The predicted octanol–water partition coefficient (Wildman–Crippen LogP) is 4.89. The van der Waals surface area contributed by atoms with Crippen LogP contribution < -0.4 is 5.32 Å². The average Bonchev–Trinajstić information content (AvgIpc) is 2.40. The third kappa shape index (κ3) is 4.18. The van der Waals surface area contributed by atoms with Gasteiger partial charge in [0.15, 0.2) is 0 Å². The molecule has 20 heavy (non-hydrogen) atoms. The summed E-state index contributed by atoms with van der Waals surface area (Å²) < 4.78 is 13.8. The van der Waals surface area contributed by atoms with Gasteiger partial charge in [0.05, 0.1) is 10.7 Å². The molecular weight excluding hydrogens is 345 g/mol. The van der Waals surface area contributed by atoms with Crippen LogP contribution in [-0.4, -0.2) is 5.91 Å². The monoisotopic (exact) mass is 353 g/mol. The fraction of sp³-hybridized carbons (Fsp3) is 0. The lowest BCUT2D eigenvalue weighted by Crippen LogP contribution is -2.08. The van der Waals surface area contributed by atoms with Crippen LogP contribution in [0, 0.1) is 5.82 Å². The van der Waals surface area contributed by atoms with Gasteiger partial charge in [0, 0.05) is 10.5 Å². The van der Waals surface area contributed by atoms with Gasteiger partial charge in [-0.1, -0.05) is 39.7 Å². The standard InChI is InChI=1S/C15H10BrClFNO/c16-11-3-1-2-10(8-11)4-7-15(20)19-14-6-5-12(18)9-13(14)17/h1-9H,(H,19,20)/b7-4+. The molecule has 0 heterocycles. The van der Waals surface area contributed by atoms with Crippen LogP contribution in [-0.2, 0) is 4.79 Å². The highest BCUT2D eigenvalue weighted by Crippen LogP contribution is 2.22. The molecule has 0 spiro atoms. The van der Waals surface area contributed by atoms with E-state index in [0.29, 0.717) is 5.69 Å². The van der Waals surface area contributed by atoms with Gasteiger partial charge in [0.1, 0.15) is 5.82 Å². The van der Waals surface area contributed by atoms with Crippen molar-refractivity contribution in [3.63, 3.8) is 0 Å². The third-order valence-electron chi connectivity index (χ3n) is 2.46. The molecule has 0 fully saturated rings. The summed E-state index contributed by atoms with van der Waals surface area (Å²) in [7, 11) is 0. The lowest BCUT2D eigenvalue weighted by molar-refractivity contribution is -0.111. The van der Waals surface area contributed by atoms with Crippen molar-refractivity contribution in [1.29, 1.82) is 0 Å². The summed E-state index contributed by atoms with van der Waals surface area (Å²) >= 11 is 9.18. The van der Waals surface area contributed by atoms with E-state index >= 15 is 0 Å². The van der Waals surface area contributed by atoms with E-state index in [9.17, 15) is 9.18 Å². The Balaban J connectivity index is 2.05. The second kappa shape index (κ2) is 6.68. The maximum atomic E-state index is 12.9. The molecule has 0 radical (unpaired) electrons. The molecule has 102 valence electrons. The maximum Gasteiger partial charge on any atom is 0.248 e. The lowest BCUT2D eigenvalue weighted by Gasteiger charge is -2.04. The molecule has 0 saturated heterocycles. The largest absolute Gasteiger partial charge is 0.321 e. The molecule has 2 nitrogen and oxygen atoms in total. The van der Waals surface area contributed by atoms with Gasteiger partial charge in [0.2, 0.25) is 5.91 Å². The minimum atomic E-state index is -0.447. The van der Waals surface area contributed by atoms with Gasteiger partial charge in [-0.2, -0.15) is 0 Å². The highest BCUT2D eigenvalue weighted by molar-refractivity contribution is 9.10. The topological polar surface area (TPSA) is 29.1 Å². The van der Waals surface area contributed by atoms with Gasteiger partial charge < -0.3 is 5.32 Å². The molecule has 0 unspecified atom stereocenters. The van der Waals surface area contributed by atoms with Crippen molar-refractivity contribution in [2.75, 3.05) is 5.32 Å². The molecule has 1 amide bonds. The first-order chi connectivity index (χ1) is 9.54. The molecule has 2 aromatic rings. The molecule has 0 saturated carbocycles. The zero-order valence-corrected chi connectivity index (χ0v) is 12.6. The van der Waals surface area contributed by atoms with E-state index < -0.39 is 5.82 Å². The van der Waals surface area contributed by atoms with Crippen molar-refractivity contribution in [1.82, 2.24) is 0 Å². The number of rotatable bonds is 3. The molecule has 2 aromatic carbocycles. The number of halogens is 3. The number of benzene rings is 2. The number of anilines is 1. The first-order valence-corrected chi connectivity index (χ1v) is 6.91. The van der Waals surface area contributed by atoms with Crippen molar-refractivity contribution in [3.05, 3.63) is 69.4 Å². The lowest BCUT2D eigenvalue weighted by atomic mass is 10.2. The van der Waals surface area contributed by atoms with E-state index in [4.69, 9.17) is 11.6 Å². The molecule has 1 N–H and O–H groups in total. The summed E-state index contributed by atoms with van der Waals surface area (Å²) in [6.45, 7) is 0. The number of carbonyl (C=O) groups excluding carboxylic acids is 1. The maximum absolute atomic E-state index is 12.9. The van der Waals surface area contributed by atoms with E-state index in [1.54, 1.807) is 6.08 Å². The summed E-state index contributed by atoms with van der Waals surface area (Å²) in [6, 6.07) is 11.3. The third-order valence-corrected chi connectivity index (χ3v) is 3.27. The molecule has 0 aliphatic heterocycles. The zero-order chi connectivity index (χ0) is 14.5. The van der Waals surface area contributed by atoms with E-state index in [2.05, 4.69) is 21.2 Å². The van der Waals surface area contributed by atoms with Crippen LogP contribution in [0.1, 0.15) is 5.56 Å². The Morgan fingerprint density at radius 1 is 1.25 bits per heavy atom. The van der Waals surface area contributed by atoms with Gasteiger partial charge in [-0.25, -0.2) is 4.39 Å². The van der Waals surface area contributed by atoms with Crippen LogP contribution in [0.25, 0.3) is 6.08 Å². The summed E-state index contributed by atoms with van der Waals surface area (Å²) in [5.74, 6) is -0.781. The average molecular weight is 355 g/mol. The summed E-state index contributed by atoms with van der Waals surface area (Å²) in [5, 5.41) is 2.75. The second-order valence-corrected chi connectivity index (χ2v) is 5.32. The quantitative estimate of drug-likeness (QED) is 0.781. The molecule has 0 aliphatic carbocycles. The Kier molecular flexibility index (Phi) is 4.93. The molecule has 0 aliphatic rings. The van der Waals surface area contributed by atoms with Crippen molar-refractivity contribution < 1.29 is 9.18 Å². The molecule has 2 rings (SSSR count). The normalized spacial score (nSPS) is 10.8. The van der Waals surface area contributed by atoms with Crippen LogP contribution in [0.2, 0.25) is 5.02 Å². The Labute approximate surface area is 129 Å². The van der Waals surface area contributed by atoms with Crippen LogP contribution in [0.5, 0.6) is 0 Å². The van der Waals surface area contributed by atoms with E-state index in [-0.39, 0.29) is 10.9 Å². The highest BCUT2D eigenvalue weighted by atomic mass is 79.9. The van der Waals surface area contributed by atoms with Gasteiger partial charge in [0.25, 0.3) is 0 Å². The zero-order valence-electron chi connectivity index (χ0n) is 10.2. The predicted molar refractivity (Wildman–Crippen MR) is 83.2 cm³/mol. The van der Waals surface area contributed by atoms with Crippen LogP contribution in [0.3, 0.4) is 0 Å². The number of hydrogen-bond donors (Lipinski definition) is 1. The summed E-state index contributed by atoms with van der Waals surface area (Å²) in [5.41, 5.74) is 1.26. The van der Waals surface area contributed by atoms with E-state index in [0.717, 1.165) is 16.1 Å². The van der Waals surface area contributed by atoms with Gasteiger partial charge in [-0.05, 0) is 42.0 Å². The second-order valence-electron chi connectivity index (χ2n) is 4.00. The van der Waals surface area contributed by atoms with Crippen LogP contribution >= 0.6 is 27.5 Å². The number of hydrogen-bond acceptors (Lipinski definition) is 1. The Morgan fingerprint density at radius 3 is 2.75 bits per heavy atom. The fourth-order valence-electron chi connectivity index (χ4n) is 1.55. The molecule has 0 bridgehead atoms. The SMILES string of the molecule is O=C(/C=C/c1cccc(Br)c1)Nc1ccc(F)cc1Cl. The summed E-state index contributed by atoms with van der Waals surface area (Å²) in [6.07, 6.45) is 3.07. The van der Waals surface area contributed by atoms with Crippen molar-refractivity contribution >= 4 is 45.2 Å². The van der Waals surface area contributed by atoms with Crippen molar-refractivity contribution in [2.24, 2.45) is 0 Å². The van der Waals surface area contributed by atoms with Crippen molar-refractivity contribution in [2.45, 2.75) is 0 Å². The molecule has 5 heteroatoms. The minimum absolute atomic E-state index is 0.161. The van der Waals surface area contributed by atoms with Crippen LogP contribution in [0.4, 0.5) is 10.1 Å².